The van der Waals surface area contributed by atoms with Gasteiger partial charge in [-0.3, -0.25) is 9.78 Å². The van der Waals surface area contributed by atoms with E-state index < -0.39 is 5.41 Å². The maximum absolute atomic E-state index is 14.0. The third kappa shape index (κ3) is 4.27. The van der Waals surface area contributed by atoms with Crippen molar-refractivity contribution in [2.75, 3.05) is 39.5 Å². The fourth-order valence-electron chi connectivity index (χ4n) is 5.16. The molecule has 2 aromatic carbocycles. The van der Waals surface area contributed by atoms with Crippen LogP contribution in [0.5, 0.6) is 0 Å². The van der Waals surface area contributed by atoms with E-state index in [1.54, 1.807) is 0 Å². The van der Waals surface area contributed by atoms with E-state index in [4.69, 9.17) is 9.47 Å². The molecule has 3 heterocycles. The lowest BCUT2D eigenvalue weighted by Gasteiger charge is -2.40. The van der Waals surface area contributed by atoms with Crippen molar-refractivity contribution in [3.05, 3.63) is 78.0 Å². The highest BCUT2D eigenvalue weighted by Gasteiger charge is 2.44. The third-order valence-electron chi connectivity index (χ3n) is 6.88. The van der Waals surface area contributed by atoms with Gasteiger partial charge < -0.3 is 14.4 Å². The Morgan fingerprint density at radius 2 is 1.78 bits per heavy atom. The topological polar surface area (TPSA) is 51.7 Å². The summed E-state index contributed by atoms with van der Waals surface area (Å²) >= 11 is 0. The Morgan fingerprint density at radius 1 is 1.00 bits per heavy atom. The standard InChI is InChI=1S/C27H30N2O3/c30-26(27(10-13-31-14-11-27)24-7-2-1-3-8-24)29-12-15-32-20-22(19-29)16-21-17-23-6-4-5-9-25(23)28-18-21/h1-9,17-18,22H,10-16,19-20H2/t22-/m1/s1. The molecule has 166 valence electrons. The summed E-state index contributed by atoms with van der Waals surface area (Å²) < 4.78 is 11.6. The number of carbonyl (C=O) groups is 1. The molecule has 2 fully saturated rings. The number of hydrogen-bond donors (Lipinski definition) is 0. The number of nitrogens with zero attached hydrogens (tertiary/aromatic N) is 2. The summed E-state index contributed by atoms with van der Waals surface area (Å²) in [5, 5.41) is 1.15. The fourth-order valence-corrected chi connectivity index (χ4v) is 5.16. The van der Waals surface area contributed by atoms with Gasteiger partial charge in [-0.25, -0.2) is 0 Å². The molecule has 1 atom stereocenters. The summed E-state index contributed by atoms with van der Waals surface area (Å²) in [6, 6.07) is 20.6. The van der Waals surface area contributed by atoms with Gasteiger partial charge in [0.2, 0.25) is 5.91 Å². The van der Waals surface area contributed by atoms with Gasteiger partial charge in [0, 0.05) is 43.8 Å². The summed E-state index contributed by atoms with van der Waals surface area (Å²) in [4.78, 5) is 20.7. The average molecular weight is 431 g/mol. The largest absolute Gasteiger partial charge is 0.381 e. The zero-order chi connectivity index (χ0) is 21.8. The van der Waals surface area contributed by atoms with Gasteiger partial charge in [0.25, 0.3) is 0 Å². The van der Waals surface area contributed by atoms with Crippen molar-refractivity contribution in [1.82, 2.24) is 9.88 Å². The van der Waals surface area contributed by atoms with Crippen molar-refractivity contribution in [1.29, 1.82) is 0 Å². The minimum absolute atomic E-state index is 0.221. The van der Waals surface area contributed by atoms with Gasteiger partial charge >= 0.3 is 0 Å². The molecule has 5 heteroatoms. The first-order chi connectivity index (χ1) is 15.7. The van der Waals surface area contributed by atoms with Gasteiger partial charge in [-0.05, 0) is 42.5 Å². The van der Waals surface area contributed by atoms with Crippen LogP contribution in [0.15, 0.2) is 66.9 Å². The van der Waals surface area contributed by atoms with Gasteiger partial charge in [0.05, 0.1) is 24.1 Å². The third-order valence-corrected chi connectivity index (χ3v) is 6.88. The summed E-state index contributed by atoms with van der Waals surface area (Å²) in [7, 11) is 0. The Hall–Kier alpha value is -2.76. The second-order valence-corrected chi connectivity index (χ2v) is 8.99. The van der Waals surface area contributed by atoms with Crippen LogP contribution in [0.2, 0.25) is 0 Å². The van der Waals surface area contributed by atoms with E-state index in [1.165, 1.54) is 5.56 Å². The van der Waals surface area contributed by atoms with Crippen molar-refractivity contribution in [3.63, 3.8) is 0 Å². The molecular weight excluding hydrogens is 400 g/mol. The second-order valence-electron chi connectivity index (χ2n) is 8.99. The highest BCUT2D eigenvalue weighted by atomic mass is 16.5. The van der Waals surface area contributed by atoms with Crippen molar-refractivity contribution in [3.8, 4) is 0 Å². The summed E-state index contributed by atoms with van der Waals surface area (Å²) in [5.74, 6) is 0.469. The predicted molar refractivity (Wildman–Crippen MR) is 125 cm³/mol. The van der Waals surface area contributed by atoms with Crippen LogP contribution < -0.4 is 0 Å². The molecule has 2 saturated heterocycles. The van der Waals surface area contributed by atoms with E-state index in [1.807, 2.05) is 47.5 Å². The minimum Gasteiger partial charge on any atom is -0.381 e. The Kier molecular flexibility index (Phi) is 6.19. The summed E-state index contributed by atoms with van der Waals surface area (Å²) in [6.07, 6.45) is 4.27. The molecule has 3 aromatic rings. The minimum atomic E-state index is -0.501. The summed E-state index contributed by atoms with van der Waals surface area (Å²) in [5.41, 5.74) is 2.80. The average Bonchev–Trinajstić information content (AvgIpc) is 3.10. The van der Waals surface area contributed by atoms with Crippen molar-refractivity contribution >= 4 is 16.8 Å². The van der Waals surface area contributed by atoms with E-state index >= 15 is 0 Å². The molecular formula is C27H30N2O3. The smallest absolute Gasteiger partial charge is 0.233 e. The zero-order valence-electron chi connectivity index (χ0n) is 18.4. The first-order valence-electron chi connectivity index (χ1n) is 11.6. The van der Waals surface area contributed by atoms with Gasteiger partial charge in [0.15, 0.2) is 0 Å². The van der Waals surface area contributed by atoms with Crippen molar-refractivity contribution in [2.24, 2.45) is 5.92 Å². The van der Waals surface area contributed by atoms with E-state index in [0.29, 0.717) is 39.5 Å². The van der Waals surface area contributed by atoms with Crippen LogP contribution in [0.4, 0.5) is 0 Å². The maximum atomic E-state index is 14.0. The highest BCUT2D eigenvalue weighted by molar-refractivity contribution is 5.88. The molecule has 1 aromatic heterocycles. The highest BCUT2D eigenvalue weighted by Crippen LogP contribution is 2.37. The number of fused-ring (bicyclic) bond motifs is 1. The van der Waals surface area contributed by atoms with Gasteiger partial charge in [0.1, 0.15) is 0 Å². The Balaban J connectivity index is 1.37. The number of carbonyl (C=O) groups excluding carboxylic acids is 1. The van der Waals surface area contributed by atoms with Crippen LogP contribution in [0, 0.1) is 5.92 Å². The van der Waals surface area contributed by atoms with E-state index in [-0.39, 0.29) is 11.8 Å². The first-order valence-corrected chi connectivity index (χ1v) is 11.6. The van der Waals surface area contributed by atoms with Gasteiger partial charge in [-0.15, -0.1) is 0 Å². The van der Waals surface area contributed by atoms with Crippen LogP contribution in [0.1, 0.15) is 24.0 Å². The number of benzene rings is 2. The number of rotatable bonds is 4. The zero-order valence-corrected chi connectivity index (χ0v) is 18.4. The molecule has 2 aliphatic rings. The van der Waals surface area contributed by atoms with Crippen LogP contribution in [0.3, 0.4) is 0 Å². The van der Waals surface area contributed by atoms with E-state index in [9.17, 15) is 4.79 Å². The molecule has 0 saturated carbocycles. The lowest BCUT2D eigenvalue weighted by molar-refractivity contribution is -0.141. The van der Waals surface area contributed by atoms with E-state index in [2.05, 4.69) is 29.2 Å². The van der Waals surface area contributed by atoms with Crippen LogP contribution in [-0.2, 0) is 26.1 Å². The van der Waals surface area contributed by atoms with E-state index in [0.717, 1.165) is 35.7 Å². The van der Waals surface area contributed by atoms with Gasteiger partial charge in [-0.2, -0.15) is 0 Å². The van der Waals surface area contributed by atoms with Crippen molar-refractivity contribution < 1.29 is 14.3 Å². The molecule has 0 spiro atoms. The Labute approximate surface area is 189 Å². The molecule has 32 heavy (non-hydrogen) atoms. The molecule has 0 bridgehead atoms. The van der Waals surface area contributed by atoms with Crippen LogP contribution >= 0.6 is 0 Å². The lowest BCUT2D eigenvalue weighted by atomic mass is 9.73. The normalized spacial score (nSPS) is 21.2. The number of pyridine rings is 1. The lowest BCUT2D eigenvalue weighted by Crippen LogP contribution is -2.51. The fraction of sp³-hybridized carbons (Fsp3) is 0.407. The first kappa shape index (κ1) is 21.1. The molecule has 0 unspecified atom stereocenters. The monoisotopic (exact) mass is 430 g/mol. The molecule has 0 radical (unpaired) electrons. The Morgan fingerprint density at radius 3 is 2.62 bits per heavy atom. The molecule has 5 nitrogen and oxygen atoms in total. The number of para-hydroxylation sites is 1. The summed E-state index contributed by atoms with van der Waals surface area (Å²) in [6.45, 7) is 3.84. The molecule has 2 aliphatic heterocycles. The second kappa shape index (κ2) is 9.39. The maximum Gasteiger partial charge on any atom is 0.233 e. The number of amides is 1. The Bertz CT molecular complexity index is 1060. The van der Waals surface area contributed by atoms with Crippen molar-refractivity contribution in [2.45, 2.75) is 24.7 Å². The number of aromatic nitrogens is 1. The molecule has 1 amide bonds. The molecule has 0 aliphatic carbocycles. The molecule has 0 N–H and O–H groups in total. The quantitative estimate of drug-likeness (QED) is 0.628. The van der Waals surface area contributed by atoms with Crippen LogP contribution in [0.25, 0.3) is 10.9 Å². The SMILES string of the molecule is O=C(N1CCOC[C@H](Cc2cnc3ccccc3c2)C1)C1(c2ccccc2)CCOCC1. The predicted octanol–water partition coefficient (Wildman–Crippen LogP) is 4.00. The number of hydrogen-bond acceptors (Lipinski definition) is 4. The van der Waals surface area contributed by atoms with Crippen LogP contribution in [-0.4, -0.2) is 55.3 Å². The molecule has 5 rings (SSSR count). The number of ether oxygens (including phenoxy) is 2. The van der Waals surface area contributed by atoms with Gasteiger partial charge in [-0.1, -0.05) is 48.5 Å².